The van der Waals surface area contributed by atoms with Crippen LogP contribution in [0.3, 0.4) is 0 Å². The number of hydrogen-bond acceptors (Lipinski definition) is 3. The number of carbonyl (C=O) groups is 1. The van der Waals surface area contributed by atoms with E-state index in [9.17, 15) is 18.7 Å². The normalized spacial score (nSPS) is 11.8. The Bertz CT molecular complexity index is 452. The van der Waals surface area contributed by atoms with Crippen LogP contribution in [0, 0.1) is 11.6 Å². The van der Waals surface area contributed by atoms with Crippen molar-refractivity contribution in [1.82, 2.24) is 4.90 Å². The standard InChI is InChI=1S/C14H20F2N2O2/c1-4-18(9-14(2,3)20)8-13(19)17-12-6-10(15)5-11(16)7-12/h5-7,20H,4,8-9H2,1-3H3,(H,17,19). The maximum absolute atomic E-state index is 13.0. The number of aliphatic hydroxyl groups is 1. The third kappa shape index (κ3) is 6.08. The van der Waals surface area contributed by atoms with E-state index >= 15 is 0 Å². The van der Waals surface area contributed by atoms with Gasteiger partial charge in [0.25, 0.3) is 0 Å². The van der Waals surface area contributed by atoms with Crippen LogP contribution < -0.4 is 5.32 Å². The lowest BCUT2D eigenvalue weighted by Gasteiger charge is -2.27. The highest BCUT2D eigenvalue weighted by Crippen LogP contribution is 2.13. The summed E-state index contributed by atoms with van der Waals surface area (Å²) in [5.41, 5.74) is -0.840. The van der Waals surface area contributed by atoms with Crippen molar-refractivity contribution in [2.45, 2.75) is 26.4 Å². The van der Waals surface area contributed by atoms with Crippen molar-refractivity contribution < 1.29 is 18.7 Å². The monoisotopic (exact) mass is 286 g/mol. The molecule has 0 saturated heterocycles. The molecule has 1 aromatic rings. The molecule has 0 spiro atoms. The fraction of sp³-hybridized carbons (Fsp3) is 0.500. The molecule has 0 unspecified atom stereocenters. The van der Waals surface area contributed by atoms with Gasteiger partial charge in [-0.05, 0) is 32.5 Å². The van der Waals surface area contributed by atoms with E-state index < -0.39 is 17.2 Å². The smallest absolute Gasteiger partial charge is 0.238 e. The lowest BCUT2D eigenvalue weighted by atomic mass is 10.1. The number of nitrogens with zero attached hydrogens (tertiary/aromatic N) is 1. The Hall–Kier alpha value is -1.53. The van der Waals surface area contributed by atoms with Crippen molar-refractivity contribution in [2.75, 3.05) is 25.0 Å². The van der Waals surface area contributed by atoms with Crippen LogP contribution in [0.1, 0.15) is 20.8 Å². The molecule has 1 amide bonds. The minimum atomic E-state index is -0.915. The third-order valence-electron chi connectivity index (χ3n) is 2.57. The minimum absolute atomic E-state index is 0.0403. The summed E-state index contributed by atoms with van der Waals surface area (Å²) < 4.78 is 26.0. The van der Waals surface area contributed by atoms with E-state index in [-0.39, 0.29) is 18.1 Å². The Morgan fingerprint density at radius 1 is 1.30 bits per heavy atom. The SMILES string of the molecule is CCN(CC(=O)Nc1cc(F)cc(F)c1)CC(C)(C)O. The molecule has 0 aliphatic rings. The molecule has 0 aromatic heterocycles. The first kappa shape index (κ1) is 16.5. The van der Waals surface area contributed by atoms with Crippen LogP contribution >= 0.6 is 0 Å². The van der Waals surface area contributed by atoms with Crippen LogP contribution in [-0.4, -0.2) is 41.1 Å². The molecule has 2 N–H and O–H groups in total. The summed E-state index contributed by atoms with van der Waals surface area (Å²) in [6.45, 7) is 6.11. The molecule has 1 rings (SSSR count). The second-order valence-corrected chi connectivity index (χ2v) is 5.32. The van der Waals surface area contributed by atoms with Crippen molar-refractivity contribution in [2.24, 2.45) is 0 Å². The zero-order chi connectivity index (χ0) is 15.3. The van der Waals surface area contributed by atoms with E-state index in [0.717, 1.165) is 18.2 Å². The lowest BCUT2D eigenvalue weighted by molar-refractivity contribution is -0.117. The first-order valence-electron chi connectivity index (χ1n) is 6.40. The number of nitrogens with one attached hydrogen (secondary N) is 1. The number of carbonyl (C=O) groups excluding carboxylic acids is 1. The summed E-state index contributed by atoms with van der Waals surface area (Å²) in [4.78, 5) is 13.6. The van der Waals surface area contributed by atoms with Gasteiger partial charge < -0.3 is 10.4 Å². The van der Waals surface area contributed by atoms with E-state index in [2.05, 4.69) is 5.32 Å². The molecule has 0 bridgehead atoms. The molecule has 6 heteroatoms. The van der Waals surface area contributed by atoms with Crippen LogP contribution in [0.5, 0.6) is 0 Å². The number of rotatable bonds is 6. The molecule has 0 fully saturated rings. The molecule has 4 nitrogen and oxygen atoms in total. The lowest BCUT2D eigenvalue weighted by Crippen LogP contribution is -2.42. The van der Waals surface area contributed by atoms with E-state index in [0.29, 0.717) is 13.1 Å². The molecule has 0 atom stereocenters. The molecule has 20 heavy (non-hydrogen) atoms. The van der Waals surface area contributed by atoms with Gasteiger partial charge in [0.2, 0.25) is 5.91 Å². The molecule has 0 aliphatic heterocycles. The Kier molecular flexibility index (Phi) is 5.59. The summed E-state index contributed by atoms with van der Waals surface area (Å²) >= 11 is 0. The van der Waals surface area contributed by atoms with E-state index in [1.54, 1.807) is 18.7 Å². The summed E-state index contributed by atoms with van der Waals surface area (Å²) in [7, 11) is 0. The molecular weight excluding hydrogens is 266 g/mol. The largest absolute Gasteiger partial charge is 0.389 e. The quantitative estimate of drug-likeness (QED) is 0.841. The van der Waals surface area contributed by atoms with Gasteiger partial charge in [-0.2, -0.15) is 0 Å². The molecule has 1 aromatic carbocycles. The van der Waals surface area contributed by atoms with Gasteiger partial charge in [-0.15, -0.1) is 0 Å². The van der Waals surface area contributed by atoms with Gasteiger partial charge in [-0.1, -0.05) is 6.92 Å². The summed E-state index contributed by atoms with van der Waals surface area (Å²) in [5, 5.41) is 12.2. The van der Waals surface area contributed by atoms with Gasteiger partial charge in [-0.25, -0.2) is 8.78 Å². The topological polar surface area (TPSA) is 52.6 Å². The zero-order valence-corrected chi connectivity index (χ0v) is 11.9. The number of hydrogen-bond donors (Lipinski definition) is 2. The van der Waals surface area contributed by atoms with Gasteiger partial charge in [0.05, 0.1) is 12.1 Å². The van der Waals surface area contributed by atoms with E-state index in [1.807, 2.05) is 6.92 Å². The van der Waals surface area contributed by atoms with Gasteiger partial charge >= 0.3 is 0 Å². The average molecular weight is 286 g/mol. The average Bonchev–Trinajstić information content (AvgIpc) is 2.24. The third-order valence-corrected chi connectivity index (χ3v) is 2.57. The maximum atomic E-state index is 13.0. The van der Waals surface area contributed by atoms with Crippen molar-refractivity contribution in [1.29, 1.82) is 0 Å². The van der Waals surface area contributed by atoms with Gasteiger partial charge in [0.15, 0.2) is 0 Å². The predicted octanol–water partition coefficient (Wildman–Crippen LogP) is 2.00. The van der Waals surface area contributed by atoms with Crippen LogP contribution in [-0.2, 0) is 4.79 Å². The maximum Gasteiger partial charge on any atom is 0.238 e. The number of halogens is 2. The van der Waals surface area contributed by atoms with Crippen molar-refractivity contribution in [3.05, 3.63) is 29.8 Å². The Labute approximate surface area is 117 Å². The van der Waals surface area contributed by atoms with E-state index in [1.165, 1.54) is 0 Å². The minimum Gasteiger partial charge on any atom is -0.389 e. The molecule has 0 radical (unpaired) electrons. The highest BCUT2D eigenvalue weighted by Gasteiger charge is 2.19. The molecule has 0 heterocycles. The molecular formula is C14H20F2N2O2. The van der Waals surface area contributed by atoms with Crippen molar-refractivity contribution in [3.8, 4) is 0 Å². The molecule has 112 valence electrons. The van der Waals surface area contributed by atoms with Crippen LogP contribution in [0.15, 0.2) is 18.2 Å². The zero-order valence-electron chi connectivity index (χ0n) is 11.9. The fourth-order valence-electron chi connectivity index (χ4n) is 1.86. The summed E-state index contributed by atoms with van der Waals surface area (Å²) in [6, 6.07) is 2.84. The second-order valence-electron chi connectivity index (χ2n) is 5.32. The number of anilines is 1. The Morgan fingerprint density at radius 2 is 1.85 bits per heavy atom. The highest BCUT2D eigenvalue weighted by molar-refractivity contribution is 5.92. The van der Waals surface area contributed by atoms with Crippen LogP contribution in [0.4, 0.5) is 14.5 Å². The van der Waals surface area contributed by atoms with Crippen LogP contribution in [0.25, 0.3) is 0 Å². The second kappa shape index (κ2) is 6.76. The van der Waals surface area contributed by atoms with Gasteiger partial charge in [0.1, 0.15) is 11.6 Å². The van der Waals surface area contributed by atoms with Crippen LogP contribution in [0.2, 0.25) is 0 Å². The van der Waals surface area contributed by atoms with E-state index in [4.69, 9.17) is 0 Å². The number of likely N-dealkylation sites (N-methyl/N-ethyl adjacent to an activating group) is 1. The Morgan fingerprint density at radius 3 is 2.30 bits per heavy atom. The summed E-state index contributed by atoms with van der Waals surface area (Å²) in [6.07, 6.45) is 0. The summed E-state index contributed by atoms with van der Waals surface area (Å²) in [5.74, 6) is -1.88. The van der Waals surface area contributed by atoms with Gasteiger partial charge in [-0.3, -0.25) is 9.69 Å². The number of amides is 1. The molecule has 0 aliphatic carbocycles. The predicted molar refractivity (Wildman–Crippen MR) is 73.4 cm³/mol. The first-order chi connectivity index (χ1) is 9.19. The highest BCUT2D eigenvalue weighted by atomic mass is 19.1. The van der Waals surface area contributed by atoms with Crippen molar-refractivity contribution >= 4 is 11.6 Å². The first-order valence-corrected chi connectivity index (χ1v) is 6.40. The Balaban J connectivity index is 2.62. The fourth-order valence-corrected chi connectivity index (χ4v) is 1.86. The molecule has 0 saturated carbocycles. The van der Waals surface area contributed by atoms with Crippen molar-refractivity contribution in [3.63, 3.8) is 0 Å². The van der Waals surface area contributed by atoms with Gasteiger partial charge in [0, 0.05) is 18.3 Å². The number of benzene rings is 1.